The van der Waals surface area contributed by atoms with Crippen molar-refractivity contribution in [2.45, 2.75) is 65.2 Å². The van der Waals surface area contributed by atoms with Crippen LogP contribution in [0.3, 0.4) is 0 Å². The summed E-state index contributed by atoms with van der Waals surface area (Å²) in [7, 11) is 7.97. The molecule has 0 aliphatic heterocycles. The van der Waals surface area contributed by atoms with E-state index in [0.29, 0.717) is 39.0 Å². The second kappa shape index (κ2) is 28.7. The lowest BCUT2D eigenvalue weighted by Gasteiger charge is -2.32. The van der Waals surface area contributed by atoms with Gasteiger partial charge in [0.1, 0.15) is 34.6 Å². The summed E-state index contributed by atoms with van der Waals surface area (Å²) >= 11 is 5.72. The van der Waals surface area contributed by atoms with E-state index in [2.05, 4.69) is 4.74 Å². The Kier molecular flexibility index (Phi) is 24.4. The van der Waals surface area contributed by atoms with Crippen molar-refractivity contribution < 1.29 is 82.7 Å². The molecule has 0 unspecified atom stereocenters. The van der Waals surface area contributed by atoms with Crippen LogP contribution in [0.15, 0.2) is 121 Å². The molecule has 0 N–H and O–H groups in total. The summed E-state index contributed by atoms with van der Waals surface area (Å²) in [5.74, 6) is -14.7. The summed E-state index contributed by atoms with van der Waals surface area (Å²) in [4.78, 5) is 42.5. The number of carbonyl (C=O) groups is 4. The van der Waals surface area contributed by atoms with Gasteiger partial charge in [-0.3, -0.25) is 19.2 Å². The zero-order valence-corrected chi connectivity index (χ0v) is 42.3. The third kappa shape index (κ3) is 18.7. The topological polar surface area (TPSA) is 124 Å². The second-order valence-corrected chi connectivity index (χ2v) is 16.0. The first kappa shape index (κ1) is 61.9. The number of hydrogen-bond acceptors (Lipinski definition) is 10. The zero-order valence-electron chi connectivity index (χ0n) is 41.5. The van der Waals surface area contributed by atoms with Crippen LogP contribution < -0.4 is 28.4 Å². The summed E-state index contributed by atoms with van der Waals surface area (Å²) in [6, 6.07) is 33.9. The minimum absolute atomic E-state index is 0.0533. The minimum Gasteiger partial charge on any atom is -0.497 e. The standard InChI is InChI=1S/C18H14F8O2.C14H12O2.C9H12O2.C8H9ClO2.C5H8O2/c1-27-13-6-2-11(3-7-13)12-4-8-14(9-5-12)28-10-16(21,22)18(25,26)17(23,24)15(19)20;1-9(15)11-3-5-14-8-12(10(2)16)4-6-13(14)7-11;1-7-6-8(10-2)4-5-9(7)11-3;1-10-7-4-3-6(9)5-8(7)11-2;1-4(6)3-5(2)7/h2-9,15H,10H2,1H3;3-8H,1-2H3;4-6H,1-3H3;3-5H,1-2H3;3H2,1-2H3. The Balaban J connectivity index is 0.000000342. The Labute approximate surface area is 423 Å². The fourth-order valence-corrected chi connectivity index (χ4v) is 6.16. The Morgan fingerprint density at radius 3 is 1.30 bits per heavy atom. The molecule has 0 heterocycles. The maximum absolute atomic E-state index is 13.5. The number of halogens is 9. The number of Topliss-reactive ketones (excluding diaryl/α,β-unsaturated/α-hetero) is 4. The first-order valence-electron chi connectivity index (χ1n) is 21.6. The molecule has 6 rings (SSSR count). The van der Waals surface area contributed by atoms with E-state index in [1.807, 2.05) is 49.4 Å². The summed E-state index contributed by atoms with van der Waals surface area (Å²) in [6.45, 7) is 5.69. The van der Waals surface area contributed by atoms with Gasteiger partial charge >= 0.3 is 24.2 Å². The van der Waals surface area contributed by atoms with Gasteiger partial charge < -0.3 is 28.4 Å². The van der Waals surface area contributed by atoms with Gasteiger partial charge in [0.05, 0.1) is 42.0 Å². The molecule has 6 aromatic rings. The summed E-state index contributed by atoms with van der Waals surface area (Å²) in [5.41, 5.74) is 3.83. The lowest BCUT2D eigenvalue weighted by Crippen LogP contribution is -2.59. The van der Waals surface area contributed by atoms with Crippen molar-refractivity contribution in [3.63, 3.8) is 0 Å². The van der Waals surface area contributed by atoms with Gasteiger partial charge in [0.2, 0.25) is 0 Å². The second-order valence-electron chi connectivity index (χ2n) is 15.5. The van der Waals surface area contributed by atoms with Crippen molar-refractivity contribution >= 4 is 45.5 Å². The molecule has 6 aromatic carbocycles. The molecule has 0 aliphatic rings. The number of ketones is 4. The van der Waals surface area contributed by atoms with Crippen molar-refractivity contribution in [1.29, 1.82) is 0 Å². The van der Waals surface area contributed by atoms with E-state index in [1.54, 1.807) is 96.9 Å². The molecule has 0 atom stereocenters. The number of benzene rings is 6. The largest absolute Gasteiger partial charge is 0.497 e. The molecular formula is C54H55ClF8O10. The molecule has 0 saturated carbocycles. The van der Waals surface area contributed by atoms with E-state index in [1.165, 1.54) is 33.1 Å². The van der Waals surface area contributed by atoms with Crippen LogP contribution in [0.5, 0.6) is 34.5 Å². The quantitative estimate of drug-likeness (QED) is 0.0526. The predicted molar refractivity (Wildman–Crippen MR) is 264 cm³/mol. The third-order valence-electron chi connectivity index (χ3n) is 9.95. The van der Waals surface area contributed by atoms with Crippen molar-refractivity contribution in [3.8, 4) is 45.6 Å². The maximum atomic E-state index is 13.5. The molecule has 19 heteroatoms. The average molecular weight is 1050 g/mol. The van der Waals surface area contributed by atoms with E-state index >= 15 is 0 Å². The van der Waals surface area contributed by atoms with Crippen LogP contribution in [-0.4, -0.2) is 89.5 Å². The molecule has 394 valence electrons. The van der Waals surface area contributed by atoms with Crippen LogP contribution in [0.1, 0.15) is 60.4 Å². The van der Waals surface area contributed by atoms with Crippen LogP contribution >= 0.6 is 11.6 Å². The molecule has 0 fully saturated rings. The fraction of sp³-hybridized carbons (Fsp3) is 0.296. The van der Waals surface area contributed by atoms with Crippen LogP contribution in [0.2, 0.25) is 5.02 Å². The number of hydrogen-bond donors (Lipinski definition) is 0. The molecule has 0 spiro atoms. The SMILES string of the molecule is CC(=O)CC(C)=O.CC(=O)c1ccc2cc(C(C)=O)ccc2c1.COc1ccc(-c2ccc(OCC(F)(F)C(F)(F)C(F)(F)C(F)F)cc2)cc1.COc1ccc(Cl)cc1OC.COc1ccc(OC)c(C)c1. The van der Waals surface area contributed by atoms with Gasteiger partial charge in [-0.25, -0.2) is 8.78 Å². The number of rotatable bonds is 16. The number of ether oxygens (including phenoxy) is 6. The summed E-state index contributed by atoms with van der Waals surface area (Å²) in [6.07, 6.45) is -4.88. The number of aryl methyl sites for hydroxylation is 1. The predicted octanol–water partition coefficient (Wildman–Crippen LogP) is 14.1. The van der Waals surface area contributed by atoms with Gasteiger partial charge in [-0.15, -0.1) is 0 Å². The van der Waals surface area contributed by atoms with Crippen molar-refractivity contribution in [1.82, 2.24) is 0 Å². The van der Waals surface area contributed by atoms with E-state index < -0.39 is 30.8 Å². The molecular weight excluding hydrogens is 996 g/mol. The maximum Gasteiger partial charge on any atom is 0.381 e. The molecule has 0 aliphatic carbocycles. The summed E-state index contributed by atoms with van der Waals surface area (Å²) in [5, 5.41) is 2.61. The van der Waals surface area contributed by atoms with Gasteiger partial charge in [-0.1, -0.05) is 60.1 Å². The molecule has 0 aromatic heterocycles. The number of alkyl halides is 8. The van der Waals surface area contributed by atoms with Gasteiger partial charge in [0, 0.05) is 22.2 Å². The monoisotopic (exact) mass is 1050 g/mol. The van der Waals surface area contributed by atoms with Crippen LogP contribution in [0.4, 0.5) is 35.1 Å². The molecule has 0 radical (unpaired) electrons. The number of fused-ring (bicyclic) bond motifs is 1. The van der Waals surface area contributed by atoms with E-state index in [4.69, 9.17) is 35.3 Å². The zero-order chi connectivity index (χ0) is 55.3. The fourth-order valence-electron chi connectivity index (χ4n) is 5.99. The van der Waals surface area contributed by atoms with E-state index in [-0.39, 0.29) is 35.3 Å². The molecule has 0 bridgehead atoms. The highest BCUT2D eigenvalue weighted by Gasteiger charge is 2.75. The van der Waals surface area contributed by atoms with Crippen molar-refractivity contribution in [3.05, 3.63) is 143 Å². The van der Waals surface area contributed by atoms with E-state index in [0.717, 1.165) is 45.5 Å². The lowest BCUT2D eigenvalue weighted by atomic mass is 10.0. The smallest absolute Gasteiger partial charge is 0.381 e. The van der Waals surface area contributed by atoms with Crippen molar-refractivity contribution in [2.24, 2.45) is 0 Å². The van der Waals surface area contributed by atoms with Gasteiger partial charge in [-0.05, 0) is 129 Å². The van der Waals surface area contributed by atoms with Gasteiger partial charge in [-0.2, -0.15) is 26.3 Å². The molecule has 0 saturated heterocycles. The average Bonchev–Trinajstić information content (AvgIpc) is 3.35. The highest BCUT2D eigenvalue weighted by Crippen LogP contribution is 2.48. The Morgan fingerprint density at radius 2 is 0.932 bits per heavy atom. The molecule has 73 heavy (non-hydrogen) atoms. The Bertz CT molecular complexity index is 2690. The number of methoxy groups -OCH3 is 5. The highest BCUT2D eigenvalue weighted by atomic mass is 35.5. The molecule has 10 nitrogen and oxygen atoms in total. The first-order valence-corrected chi connectivity index (χ1v) is 22.0. The highest BCUT2D eigenvalue weighted by molar-refractivity contribution is 6.30. The van der Waals surface area contributed by atoms with Crippen LogP contribution in [0.25, 0.3) is 21.9 Å². The van der Waals surface area contributed by atoms with Crippen LogP contribution in [0, 0.1) is 6.92 Å². The lowest BCUT2D eigenvalue weighted by molar-refractivity contribution is -0.342. The summed E-state index contributed by atoms with van der Waals surface area (Å²) < 4.78 is 133. The van der Waals surface area contributed by atoms with E-state index in [9.17, 15) is 54.3 Å². The number of carbonyl (C=O) groups excluding carboxylic acids is 4. The van der Waals surface area contributed by atoms with Gasteiger partial charge in [0.15, 0.2) is 29.7 Å². The van der Waals surface area contributed by atoms with Gasteiger partial charge in [0.25, 0.3) is 0 Å². The normalized spacial score (nSPS) is 10.8. The Morgan fingerprint density at radius 1 is 0.507 bits per heavy atom. The van der Waals surface area contributed by atoms with Crippen molar-refractivity contribution in [2.75, 3.05) is 42.2 Å². The minimum atomic E-state index is -6.29. The Hall–Kier alpha value is -7.21. The van der Waals surface area contributed by atoms with Crippen LogP contribution in [-0.2, 0) is 9.59 Å². The molecule has 0 amide bonds. The third-order valence-corrected chi connectivity index (χ3v) is 10.2. The first-order chi connectivity index (χ1) is 34.2.